The molecule has 3 heteroatoms. The van der Waals surface area contributed by atoms with Crippen molar-refractivity contribution in [3.05, 3.63) is 41.2 Å². The van der Waals surface area contributed by atoms with Crippen LogP contribution < -0.4 is 5.73 Å². The maximum Gasteiger partial charge on any atom is 0.140 e. The molecule has 1 aliphatic rings. The fraction of sp³-hybridized carbons (Fsp3) is 0.357. The molecule has 3 nitrogen and oxygen atoms in total. The van der Waals surface area contributed by atoms with Crippen LogP contribution in [-0.2, 0) is 19.4 Å². The summed E-state index contributed by atoms with van der Waals surface area (Å²) < 4.78 is 5.45. The van der Waals surface area contributed by atoms with Gasteiger partial charge in [-0.2, -0.15) is 0 Å². The van der Waals surface area contributed by atoms with Crippen molar-refractivity contribution in [3.63, 3.8) is 0 Å². The SMILES string of the molecule is NCc1ccccc1-c1noc2c1CCCC2. The third kappa shape index (κ3) is 1.76. The van der Waals surface area contributed by atoms with Gasteiger partial charge in [-0.1, -0.05) is 29.4 Å². The Balaban J connectivity index is 2.12. The first-order valence-electron chi connectivity index (χ1n) is 6.16. The summed E-state index contributed by atoms with van der Waals surface area (Å²) in [5, 5.41) is 4.25. The van der Waals surface area contributed by atoms with Gasteiger partial charge in [-0.3, -0.25) is 0 Å². The minimum Gasteiger partial charge on any atom is -0.360 e. The van der Waals surface area contributed by atoms with Crippen LogP contribution in [0.3, 0.4) is 0 Å². The quantitative estimate of drug-likeness (QED) is 0.859. The summed E-state index contributed by atoms with van der Waals surface area (Å²) in [5.41, 5.74) is 10.3. The van der Waals surface area contributed by atoms with Gasteiger partial charge in [-0.05, 0) is 24.8 Å². The number of benzene rings is 1. The predicted octanol–water partition coefficient (Wildman–Crippen LogP) is 2.68. The van der Waals surface area contributed by atoms with Crippen molar-refractivity contribution >= 4 is 0 Å². The van der Waals surface area contributed by atoms with Crippen molar-refractivity contribution in [1.82, 2.24) is 5.16 Å². The van der Waals surface area contributed by atoms with E-state index >= 15 is 0 Å². The molecule has 0 amide bonds. The Morgan fingerprint density at radius 3 is 2.88 bits per heavy atom. The maximum absolute atomic E-state index is 5.77. The second-order valence-corrected chi connectivity index (χ2v) is 4.50. The van der Waals surface area contributed by atoms with E-state index in [0.29, 0.717) is 6.54 Å². The Labute approximate surface area is 101 Å². The van der Waals surface area contributed by atoms with Gasteiger partial charge in [0.25, 0.3) is 0 Å². The average molecular weight is 228 g/mol. The maximum atomic E-state index is 5.77. The fourth-order valence-corrected chi connectivity index (χ4v) is 2.53. The van der Waals surface area contributed by atoms with E-state index < -0.39 is 0 Å². The molecule has 1 heterocycles. The number of nitrogens with two attached hydrogens (primary N) is 1. The molecule has 88 valence electrons. The first-order chi connectivity index (χ1) is 8.40. The molecule has 3 rings (SSSR count). The summed E-state index contributed by atoms with van der Waals surface area (Å²) in [5.74, 6) is 1.07. The molecule has 0 fully saturated rings. The zero-order valence-electron chi connectivity index (χ0n) is 9.78. The first-order valence-corrected chi connectivity index (χ1v) is 6.16. The highest BCUT2D eigenvalue weighted by atomic mass is 16.5. The van der Waals surface area contributed by atoms with E-state index in [0.717, 1.165) is 35.4 Å². The lowest BCUT2D eigenvalue weighted by Gasteiger charge is -2.10. The Morgan fingerprint density at radius 2 is 2.00 bits per heavy atom. The van der Waals surface area contributed by atoms with Crippen LogP contribution in [0.5, 0.6) is 0 Å². The van der Waals surface area contributed by atoms with Gasteiger partial charge in [0.15, 0.2) is 0 Å². The van der Waals surface area contributed by atoms with Gasteiger partial charge in [-0.15, -0.1) is 0 Å². The summed E-state index contributed by atoms with van der Waals surface area (Å²) in [6.07, 6.45) is 4.53. The lowest BCUT2D eigenvalue weighted by atomic mass is 9.92. The van der Waals surface area contributed by atoms with Crippen LogP contribution in [0.25, 0.3) is 11.3 Å². The van der Waals surface area contributed by atoms with Crippen LogP contribution in [0.15, 0.2) is 28.8 Å². The van der Waals surface area contributed by atoms with Crippen LogP contribution in [0, 0.1) is 0 Å². The van der Waals surface area contributed by atoms with Gasteiger partial charge in [0, 0.05) is 24.1 Å². The van der Waals surface area contributed by atoms with Crippen molar-refractivity contribution in [1.29, 1.82) is 0 Å². The zero-order chi connectivity index (χ0) is 11.7. The highest BCUT2D eigenvalue weighted by molar-refractivity contribution is 5.67. The molecular formula is C14H16N2O. The average Bonchev–Trinajstić information content (AvgIpc) is 2.82. The number of aryl methyl sites for hydroxylation is 1. The molecule has 0 saturated carbocycles. The first kappa shape index (κ1) is 10.5. The van der Waals surface area contributed by atoms with E-state index in [1.807, 2.05) is 12.1 Å². The van der Waals surface area contributed by atoms with Crippen LogP contribution in [0.2, 0.25) is 0 Å². The van der Waals surface area contributed by atoms with Gasteiger partial charge < -0.3 is 10.3 Å². The summed E-state index contributed by atoms with van der Waals surface area (Å²) in [4.78, 5) is 0. The Hall–Kier alpha value is -1.61. The zero-order valence-corrected chi connectivity index (χ0v) is 9.78. The highest BCUT2D eigenvalue weighted by Crippen LogP contribution is 2.32. The van der Waals surface area contributed by atoms with E-state index in [-0.39, 0.29) is 0 Å². The van der Waals surface area contributed by atoms with Gasteiger partial charge >= 0.3 is 0 Å². The van der Waals surface area contributed by atoms with Gasteiger partial charge in [0.2, 0.25) is 0 Å². The molecule has 1 aromatic heterocycles. The van der Waals surface area contributed by atoms with Crippen molar-refractivity contribution < 1.29 is 4.52 Å². The van der Waals surface area contributed by atoms with Crippen molar-refractivity contribution in [3.8, 4) is 11.3 Å². The van der Waals surface area contributed by atoms with Gasteiger partial charge in [-0.25, -0.2) is 0 Å². The largest absolute Gasteiger partial charge is 0.360 e. The molecule has 0 saturated heterocycles. The number of rotatable bonds is 2. The highest BCUT2D eigenvalue weighted by Gasteiger charge is 2.21. The number of fused-ring (bicyclic) bond motifs is 1. The van der Waals surface area contributed by atoms with Crippen molar-refractivity contribution in [2.24, 2.45) is 5.73 Å². The Morgan fingerprint density at radius 1 is 1.18 bits per heavy atom. The molecule has 0 atom stereocenters. The second kappa shape index (κ2) is 4.34. The molecule has 1 aromatic carbocycles. The number of hydrogen-bond donors (Lipinski definition) is 1. The van der Waals surface area contributed by atoms with Crippen molar-refractivity contribution in [2.45, 2.75) is 32.2 Å². The van der Waals surface area contributed by atoms with Crippen LogP contribution >= 0.6 is 0 Å². The number of nitrogens with zero attached hydrogens (tertiary/aromatic N) is 1. The molecule has 2 aromatic rings. The minimum absolute atomic E-state index is 0.539. The predicted molar refractivity (Wildman–Crippen MR) is 66.5 cm³/mol. The Bertz CT molecular complexity index is 531. The molecule has 1 aliphatic carbocycles. The Kier molecular flexibility index (Phi) is 2.69. The summed E-state index contributed by atoms with van der Waals surface area (Å²) in [6, 6.07) is 8.17. The van der Waals surface area contributed by atoms with E-state index in [1.165, 1.54) is 18.4 Å². The van der Waals surface area contributed by atoms with Gasteiger partial charge in [0.05, 0.1) is 0 Å². The minimum atomic E-state index is 0.539. The molecule has 2 N–H and O–H groups in total. The van der Waals surface area contributed by atoms with Gasteiger partial charge in [0.1, 0.15) is 11.5 Å². The third-order valence-corrected chi connectivity index (χ3v) is 3.44. The van der Waals surface area contributed by atoms with E-state index in [4.69, 9.17) is 10.3 Å². The lowest BCUT2D eigenvalue weighted by Crippen LogP contribution is -2.02. The summed E-state index contributed by atoms with van der Waals surface area (Å²) in [6.45, 7) is 0.539. The normalized spacial score (nSPS) is 14.6. The molecule has 0 aliphatic heterocycles. The fourth-order valence-electron chi connectivity index (χ4n) is 2.53. The van der Waals surface area contributed by atoms with E-state index in [1.54, 1.807) is 0 Å². The standard InChI is InChI=1S/C14H16N2O/c15-9-10-5-1-2-6-11(10)14-12-7-3-4-8-13(12)17-16-14/h1-2,5-6H,3-4,7-9,15H2. The lowest BCUT2D eigenvalue weighted by molar-refractivity contribution is 0.374. The van der Waals surface area contributed by atoms with E-state index in [9.17, 15) is 0 Å². The third-order valence-electron chi connectivity index (χ3n) is 3.44. The number of aromatic nitrogens is 1. The van der Waals surface area contributed by atoms with Crippen LogP contribution in [0.1, 0.15) is 29.7 Å². The topological polar surface area (TPSA) is 52.0 Å². The van der Waals surface area contributed by atoms with Crippen molar-refractivity contribution in [2.75, 3.05) is 0 Å². The molecular weight excluding hydrogens is 212 g/mol. The number of hydrogen-bond acceptors (Lipinski definition) is 3. The molecule has 0 unspecified atom stereocenters. The summed E-state index contributed by atoms with van der Waals surface area (Å²) in [7, 11) is 0. The second-order valence-electron chi connectivity index (χ2n) is 4.50. The van der Waals surface area contributed by atoms with E-state index in [2.05, 4.69) is 17.3 Å². The van der Waals surface area contributed by atoms with Crippen LogP contribution in [0.4, 0.5) is 0 Å². The van der Waals surface area contributed by atoms with Crippen LogP contribution in [-0.4, -0.2) is 5.16 Å². The monoisotopic (exact) mass is 228 g/mol. The summed E-state index contributed by atoms with van der Waals surface area (Å²) >= 11 is 0. The molecule has 0 spiro atoms. The smallest absolute Gasteiger partial charge is 0.140 e. The molecule has 0 bridgehead atoms. The molecule has 0 radical (unpaired) electrons. The molecule has 17 heavy (non-hydrogen) atoms.